The number of fused-ring (bicyclic) bond motifs is 1. The first-order valence-electron chi connectivity index (χ1n) is 14.6. The maximum atomic E-state index is 12.0. The number of phenolic OH excluding ortho intramolecular Hbond substituents is 4. The molecule has 0 radical (unpaired) electrons. The van der Waals surface area contributed by atoms with Crippen molar-refractivity contribution in [2.75, 3.05) is 0 Å². The van der Waals surface area contributed by atoms with E-state index < -0.39 is 11.6 Å². The highest BCUT2D eigenvalue weighted by atomic mass is 16.3. The Morgan fingerprint density at radius 3 is 1.60 bits per heavy atom. The molecule has 0 atom stereocenters. The van der Waals surface area contributed by atoms with E-state index in [2.05, 4.69) is 0 Å². The number of Topliss-reactive ketones (excluding diaryl/α,β-unsaturated/α-hetero) is 2. The van der Waals surface area contributed by atoms with E-state index in [-0.39, 0.29) is 23.0 Å². The highest BCUT2D eigenvalue weighted by molar-refractivity contribution is 6.49. The summed E-state index contributed by atoms with van der Waals surface area (Å²) in [4.78, 5) is 34.1. The van der Waals surface area contributed by atoms with Gasteiger partial charge in [-0.25, -0.2) is 0 Å². The minimum Gasteiger partial charge on any atom is -0.508 e. The van der Waals surface area contributed by atoms with Gasteiger partial charge in [0.1, 0.15) is 28.8 Å². The molecule has 1 aliphatic rings. The van der Waals surface area contributed by atoms with E-state index in [1.54, 1.807) is 42.5 Å². The quantitative estimate of drug-likeness (QED) is 0.118. The second kappa shape index (κ2) is 16.8. The van der Waals surface area contributed by atoms with E-state index in [0.717, 1.165) is 80.9 Å². The third-order valence-corrected chi connectivity index (χ3v) is 7.28. The van der Waals surface area contributed by atoms with Crippen LogP contribution in [-0.4, -0.2) is 37.8 Å². The van der Waals surface area contributed by atoms with Crippen LogP contribution in [0.1, 0.15) is 91.3 Å². The lowest BCUT2D eigenvalue weighted by Gasteiger charge is -2.06. The summed E-state index contributed by atoms with van der Waals surface area (Å²) in [6, 6.07) is 16.5. The smallest absolute Gasteiger partial charge is 0.233 e. The predicted molar refractivity (Wildman–Crippen MR) is 163 cm³/mol. The molecule has 1 aliphatic carbocycles. The summed E-state index contributed by atoms with van der Waals surface area (Å²) in [5, 5.41) is 38.1. The fraction of sp³-hybridized carbons (Fsp3) is 0.343. The molecule has 0 aromatic heterocycles. The molecule has 0 spiro atoms. The van der Waals surface area contributed by atoms with Gasteiger partial charge in [0.05, 0.1) is 0 Å². The molecule has 0 unspecified atom stereocenters. The van der Waals surface area contributed by atoms with Crippen molar-refractivity contribution in [3.8, 4) is 23.0 Å². The summed E-state index contributed by atoms with van der Waals surface area (Å²) in [5.74, 6) is -0.0722. The van der Waals surface area contributed by atoms with Crippen molar-refractivity contribution < 1.29 is 34.8 Å². The lowest BCUT2D eigenvalue weighted by atomic mass is 9.96. The Bertz CT molecular complexity index is 1320. The lowest BCUT2D eigenvalue weighted by molar-refractivity contribution is -0.119. The van der Waals surface area contributed by atoms with Crippen molar-refractivity contribution in [3.63, 3.8) is 0 Å². The molecule has 0 saturated heterocycles. The first-order valence-corrected chi connectivity index (χ1v) is 14.6. The van der Waals surface area contributed by atoms with E-state index in [9.17, 15) is 34.8 Å². The fourth-order valence-electron chi connectivity index (χ4n) is 4.86. The van der Waals surface area contributed by atoms with Crippen LogP contribution in [0.5, 0.6) is 23.0 Å². The first kappa shape index (κ1) is 32.1. The van der Waals surface area contributed by atoms with Crippen LogP contribution in [0.4, 0.5) is 0 Å². The van der Waals surface area contributed by atoms with Gasteiger partial charge in [0.15, 0.2) is 0 Å². The lowest BCUT2D eigenvalue weighted by Crippen LogP contribution is -2.15. The second-order valence-corrected chi connectivity index (χ2v) is 10.6. The number of phenols is 4. The van der Waals surface area contributed by atoms with E-state index in [1.807, 2.05) is 12.1 Å². The van der Waals surface area contributed by atoms with Crippen LogP contribution in [0.25, 0.3) is 6.08 Å². The van der Waals surface area contributed by atoms with Gasteiger partial charge >= 0.3 is 0 Å². The monoisotopic (exact) mass is 572 g/mol. The number of hydrogen-bond donors (Lipinski definition) is 4. The van der Waals surface area contributed by atoms with Gasteiger partial charge in [-0.3, -0.25) is 14.4 Å². The van der Waals surface area contributed by atoms with Gasteiger partial charge in [0.2, 0.25) is 11.6 Å². The van der Waals surface area contributed by atoms with Crippen molar-refractivity contribution in [1.82, 2.24) is 0 Å². The Balaban J connectivity index is 0.000000332. The number of carbonyl (C=O) groups excluding carboxylic acids is 3. The first-order chi connectivity index (χ1) is 20.2. The SMILES string of the molecule is O=C(CCCCCCc1ccc(O)cc1O)CCCCCCc1ccc(O)cc1O.O=C1C=Cc2ccccc2C1=O. The standard InChI is InChI=1S/C25H34O5.C10H6O2/c26-21(11-7-3-1-5-9-19-13-15-22(27)17-24(19)29)12-8-4-2-6-10-20-14-16-23(28)18-25(20)30;11-9-6-5-7-3-1-2-4-8(7)10(9)12/h13-18,27-30H,1-12H2;1-6H. The van der Waals surface area contributed by atoms with E-state index in [1.165, 1.54) is 18.2 Å². The number of ketones is 3. The zero-order valence-corrected chi connectivity index (χ0v) is 23.9. The van der Waals surface area contributed by atoms with Crippen LogP contribution in [0.2, 0.25) is 0 Å². The topological polar surface area (TPSA) is 132 Å². The zero-order chi connectivity index (χ0) is 30.3. The van der Waals surface area contributed by atoms with Gasteiger partial charge in [0.25, 0.3) is 0 Å². The third-order valence-electron chi connectivity index (χ3n) is 7.28. The van der Waals surface area contributed by atoms with Gasteiger partial charge in [0, 0.05) is 30.5 Å². The Morgan fingerprint density at radius 2 is 1.07 bits per heavy atom. The summed E-state index contributed by atoms with van der Waals surface area (Å²) in [6.07, 6.45) is 13.7. The number of aromatic hydroxyl groups is 4. The zero-order valence-electron chi connectivity index (χ0n) is 23.9. The Labute approximate surface area is 247 Å². The molecule has 4 N–H and O–H groups in total. The normalized spacial score (nSPS) is 12.0. The van der Waals surface area contributed by atoms with E-state index >= 15 is 0 Å². The van der Waals surface area contributed by atoms with E-state index in [4.69, 9.17) is 0 Å². The fourth-order valence-corrected chi connectivity index (χ4v) is 4.86. The number of allylic oxidation sites excluding steroid dienone is 1. The number of rotatable bonds is 14. The Morgan fingerprint density at radius 1 is 0.571 bits per heavy atom. The van der Waals surface area contributed by atoms with Crippen LogP contribution < -0.4 is 0 Å². The van der Waals surface area contributed by atoms with Crippen molar-refractivity contribution in [2.24, 2.45) is 0 Å². The van der Waals surface area contributed by atoms with Gasteiger partial charge < -0.3 is 20.4 Å². The Kier molecular flexibility index (Phi) is 12.8. The molecule has 0 saturated carbocycles. The molecular formula is C35H40O7. The molecule has 0 bridgehead atoms. The molecule has 7 heteroatoms. The Hall–Kier alpha value is -4.39. The number of carbonyl (C=O) groups is 3. The minimum atomic E-state index is -0.436. The average molecular weight is 573 g/mol. The average Bonchev–Trinajstić information content (AvgIpc) is 2.97. The molecule has 4 rings (SSSR count). The number of benzene rings is 3. The predicted octanol–water partition coefficient (Wildman–Crippen LogP) is 7.23. The van der Waals surface area contributed by atoms with Crippen LogP contribution in [0, 0.1) is 0 Å². The summed E-state index contributed by atoms with van der Waals surface area (Å²) in [7, 11) is 0. The van der Waals surface area contributed by atoms with Crippen molar-refractivity contribution >= 4 is 23.4 Å². The van der Waals surface area contributed by atoms with Crippen molar-refractivity contribution in [2.45, 2.75) is 77.0 Å². The molecule has 0 amide bonds. The van der Waals surface area contributed by atoms with Crippen molar-refractivity contribution in [1.29, 1.82) is 0 Å². The molecule has 0 aliphatic heterocycles. The summed E-state index contributed by atoms with van der Waals surface area (Å²) in [5.41, 5.74) is 3.03. The molecule has 0 fully saturated rings. The molecule has 222 valence electrons. The van der Waals surface area contributed by atoms with Crippen LogP contribution in [0.3, 0.4) is 0 Å². The summed E-state index contributed by atoms with van der Waals surface area (Å²) in [6.45, 7) is 0. The van der Waals surface area contributed by atoms with Crippen LogP contribution >= 0.6 is 0 Å². The van der Waals surface area contributed by atoms with E-state index in [0.29, 0.717) is 24.2 Å². The van der Waals surface area contributed by atoms with Gasteiger partial charge in [-0.2, -0.15) is 0 Å². The van der Waals surface area contributed by atoms with Crippen LogP contribution in [0.15, 0.2) is 66.7 Å². The second-order valence-electron chi connectivity index (χ2n) is 10.6. The maximum absolute atomic E-state index is 12.0. The molecule has 3 aromatic rings. The summed E-state index contributed by atoms with van der Waals surface area (Å²) >= 11 is 0. The van der Waals surface area contributed by atoms with Crippen LogP contribution in [-0.2, 0) is 22.4 Å². The number of aryl methyl sites for hydroxylation is 2. The largest absolute Gasteiger partial charge is 0.508 e. The number of hydrogen-bond acceptors (Lipinski definition) is 7. The summed E-state index contributed by atoms with van der Waals surface area (Å²) < 4.78 is 0. The molecule has 3 aromatic carbocycles. The highest BCUT2D eigenvalue weighted by Crippen LogP contribution is 2.25. The van der Waals surface area contributed by atoms with Gasteiger partial charge in [-0.05, 0) is 73.4 Å². The molecule has 7 nitrogen and oxygen atoms in total. The molecular weight excluding hydrogens is 532 g/mol. The third kappa shape index (κ3) is 10.5. The maximum Gasteiger partial charge on any atom is 0.233 e. The van der Waals surface area contributed by atoms with Gasteiger partial charge in [-0.1, -0.05) is 68.2 Å². The minimum absolute atomic E-state index is 0.0754. The van der Waals surface area contributed by atoms with Crippen molar-refractivity contribution in [3.05, 3.63) is 89.0 Å². The van der Waals surface area contributed by atoms with Gasteiger partial charge in [-0.15, -0.1) is 0 Å². The highest BCUT2D eigenvalue weighted by Gasteiger charge is 2.19. The molecule has 42 heavy (non-hydrogen) atoms. The molecule has 0 heterocycles. The number of unbranched alkanes of at least 4 members (excludes halogenated alkanes) is 6.